The van der Waals surface area contributed by atoms with E-state index in [1.54, 1.807) is 38.1 Å². The summed E-state index contributed by atoms with van der Waals surface area (Å²) >= 11 is 1.21. The minimum Gasteiger partial charge on any atom is -0.465 e. The maximum Gasteiger partial charge on any atom is 0.328 e. The van der Waals surface area contributed by atoms with Gasteiger partial charge in [0.2, 0.25) is 5.41 Å². The van der Waals surface area contributed by atoms with Crippen LogP contribution in [0.15, 0.2) is 53.4 Å². The number of fused-ring (bicyclic) bond motifs is 1. The summed E-state index contributed by atoms with van der Waals surface area (Å²) in [6.07, 6.45) is -1.52. The predicted molar refractivity (Wildman–Crippen MR) is 109 cm³/mol. The van der Waals surface area contributed by atoms with Crippen molar-refractivity contribution in [2.24, 2.45) is 5.41 Å². The van der Waals surface area contributed by atoms with Crippen LogP contribution in [0.4, 0.5) is 5.69 Å². The second kappa shape index (κ2) is 8.85. The molecule has 1 heterocycles. The zero-order valence-corrected chi connectivity index (χ0v) is 17.3. The van der Waals surface area contributed by atoms with Crippen molar-refractivity contribution in [1.29, 1.82) is 0 Å². The number of esters is 2. The monoisotopic (exact) mass is 431 g/mol. The van der Waals surface area contributed by atoms with Crippen molar-refractivity contribution in [2.75, 3.05) is 13.2 Å². The maximum absolute atomic E-state index is 13.2. The number of nitro groups is 1. The molecule has 0 saturated carbocycles. The molecule has 0 aliphatic carbocycles. The fourth-order valence-corrected chi connectivity index (χ4v) is 5.07. The Balaban J connectivity index is 2.24. The van der Waals surface area contributed by atoms with Gasteiger partial charge in [-0.2, -0.15) is 0 Å². The standard InChI is InChI=1S/C21H21NO7S/c1-3-28-19(24)21(20(25)29-4-2)17(23)15-7-5-6-8-16(15)30-18(21)13-9-11-14(12-10-13)22(26)27/h5-12,17-18,23H,3-4H2,1-2H3. The normalized spacial score (nSPS) is 19.4. The SMILES string of the molecule is CCOC(=O)C1(C(=O)OCC)C(O)c2ccccc2SC1c1ccc([N+](=O)[O-])cc1. The molecular formula is C21H21NO7S. The highest BCUT2D eigenvalue weighted by Gasteiger charge is 2.63. The Morgan fingerprint density at radius 1 is 1.07 bits per heavy atom. The minimum absolute atomic E-state index is 0.00596. The molecule has 1 N–H and O–H groups in total. The van der Waals surface area contributed by atoms with Gasteiger partial charge in [-0.1, -0.05) is 30.3 Å². The first-order chi connectivity index (χ1) is 14.4. The Labute approximate surface area is 177 Å². The van der Waals surface area contributed by atoms with Crippen molar-refractivity contribution in [3.05, 3.63) is 69.8 Å². The molecule has 0 saturated heterocycles. The number of nitrogens with zero attached hydrogens (tertiary/aromatic N) is 1. The largest absolute Gasteiger partial charge is 0.465 e. The van der Waals surface area contributed by atoms with E-state index in [2.05, 4.69) is 0 Å². The molecule has 0 fully saturated rings. The van der Waals surface area contributed by atoms with Crippen LogP contribution in [0.25, 0.3) is 0 Å². The number of ether oxygens (including phenoxy) is 2. The van der Waals surface area contributed by atoms with Gasteiger partial charge in [-0.05, 0) is 31.0 Å². The molecule has 2 aromatic carbocycles. The van der Waals surface area contributed by atoms with Gasteiger partial charge in [0, 0.05) is 17.0 Å². The lowest BCUT2D eigenvalue weighted by Gasteiger charge is -2.43. The van der Waals surface area contributed by atoms with Gasteiger partial charge < -0.3 is 14.6 Å². The summed E-state index contributed by atoms with van der Waals surface area (Å²) in [7, 11) is 0. The number of hydrogen-bond acceptors (Lipinski definition) is 8. The van der Waals surface area contributed by atoms with E-state index in [9.17, 15) is 24.8 Å². The first kappa shape index (κ1) is 21.8. The summed E-state index contributed by atoms with van der Waals surface area (Å²) in [4.78, 5) is 37.6. The molecule has 1 aliphatic rings. The zero-order valence-electron chi connectivity index (χ0n) is 16.4. The number of benzene rings is 2. The fourth-order valence-electron chi connectivity index (χ4n) is 3.55. The van der Waals surface area contributed by atoms with E-state index in [1.807, 2.05) is 0 Å². The summed E-state index contributed by atoms with van der Waals surface area (Å²) in [6.45, 7) is 3.22. The van der Waals surface area contributed by atoms with Crippen LogP contribution >= 0.6 is 11.8 Å². The Morgan fingerprint density at radius 2 is 1.63 bits per heavy atom. The van der Waals surface area contributed by atoms with Gasteiger partial charge in [-0.15, -0.1) is 11.8 Å². The average molecular weight is 431 g/mol. The van der Waals surface area contributed by atoms with Crippen LogP contribution in [0, 0.1) is 15.5 Å². The van der Waals surface area contributed by atoms with Crippen molar-refractivity contribution in [3.8, 4) is 0 Å². The summed E-state index contributed by atoms with van der Waals surface area (Å²) in [5, 5.41) is 21.4. The molecule has 0 aromatic heterocycles. The topological polar surface area (TPSA) is 116 Å². The Bertz CT molecular complexity index is 942. The Morgan fingerprint density at radius 3 is 2.17 bits per heavy atom. The van der Waals surface area contributed by atoms with Crippen molar-refractivity contribution in [2.45, 2.75) is 30.1 Å². The van der Waals surface area contributed by atoms with Gasteiger partial charge in [-0.25, -0.2) is 0 Å². The van der Waals surface area contributed by atoms with Crippen molar-refractivity contribution >= 4 is 29.4 Å². The molecular weight excluding hydrogens is 410 g/mol. The van der Waals surface area contributed by atoms with Crippen molar-refractivity contribution in [3.63, 3.8) is 0 Å². The van der Waals surface area contributed by atoms with Gasteiger partial charge in [0.05, 0.1) is 23.4 Å². The molecule has 2 unspecified atom stereocenters. The van der Waals surface area contributed by atoms with Gasteiger partial charge in [0.15, 0.2) is 0 Å². The smallest absolute Gasteiger partial charge is 0.328 e. The van der Waals surface area contributed by atoms with Crippen LogP contribution in [0.2, 0.25) is 0 Å². The second-order valence-corrected chi connectivity index (χ2v) is 7.74. The van der Waals surface area contributed by atoms with Gasteiger partial charge in [0.25, 0.3) is 5.69 Å². The van der Waals surface area contributed by atoms with E-state index < -0.39 is 33.6 Å². The van der Waals surface area contributed by atoms with Gasteiger partial charge >= 0.3 is 11.9 Å². The Kier molecular flexibility index (Phi) is 6.42. The van der Waals surface area contributed by atoms with Crippen LogP contribution < -0.4 is 0 Å². The molecule has 0 bridgehead atoms. The number of nitro benzene ring substituents is 1. The number of aliphatic hydroxyl groups is 1. The third kappa shape index (κ3) is 3.54. The molecule has 0 spiro atoms. The number of carbonyl (C=O) groups is 2. The third-order valence-corrected chi connectivity index (χ3v) is 6.44. The Hall–Kier alpha value is -2.91. The first-order valence-corrected chi connectivity index (χ1v) is 10.3. The summed E-state index contributed by atoms with van der Waals surface area (Å²) in [5.41, 5.74) is -1.32. The minimum atomic E-state index is -2.07. The number of hydrogen-bond donors (Lipinski definition) is 1. The van der Waals surface area contributed by atoms with Gasteiger partial charge in [-0.3, -0.25) is 19.7 Å². The summed E-state index contributed by atoms with van der Waals surface area (Å²) in [6, 6.07) is 12.5. The van der Waals surface area contributed by atoms with Gasteiger partial charge in [0.1, 0.15) is 6.10 Å². The lowest BCUT2D eigenvalue weighted by molar-refractivity contribution is -0.384. The highest BCUT2D eigenvalue weighted by Crippen LogP contribution is 2.60. The fraction of sp³-hybridized carbons (Fsp3) is 0.333. The highest BCUT2D eigenvalue weighted by molar-refractivity contribution is 7.99. The van der Waals surface area contributed by atoms with Crippen molar-refractivity contribution < 1.29 is 29.1 Å². The predicted octanol–water partition coefficient (Wildman–Crippen LogP) is 3.59. The van der Waals surface area contributed by atoms with Crippen LogP contribution in [0.5, 0.6) is 0 Å². The molecule has 0 amide bonds. The lowest BCUT2D eigenvalue weighted by Crippen LogP contribution is -2.51. The number of non-ortho nitro benzene ring substituents is 1. The molecule has 2 atom stereocenters. The quantitative estimate of drug-likeness (QED) is 0.319. The van der Waals surface area contributed by atoms with E-state index in [0.29, 0.717) is 16.0 Å². The number of carbonyl (C=O) groups excluding carboxylic acids is 2. The molecule has 2 aromatic rings. The van der Waals surface area contributed by atoms with Crippen LogP contribution in [-0.4, -0.2) is 35.2 Å². The molecule has 8 nitrogen and oxygen atoms in total. The first-order valence-electron chi connectivity index (χ1n) is 9.40. The number of rotatable bonds is 6. The molecule has 3 rings (SSSR count). The summed E-state index contributed by atoms with van der Waals surface area (Å²) in [5.74, 6) is -1.80. The van der Waals surface area contributed by atoms with Crippen molar-refractivity contribution in [1.82, 2.24) is 0 Å². The molecule has 1 aliphatic heterocycles. The van der Waals surface area contributed by atoms with Crippen LogP contribution in [0.3, 0.4) is 0 Å². The molecule has 9 heteroatoms. The van der Waals surface area contributed by atoms with E-state index in [0.717, 1.165) is 0 Å². The van der Waals surface area contributed by atoms with E-state index in [-0.39, 0.29) is 18.9 Å². The molecule has 30 heavy (non-hydrogen) atoms. The zero-order chi connectivity index (χ0) is 21.9. The lowest BCUT2D eigenvalue weighted by atomic mass is 9.73. The molecule has 158 valence electrons. The summed E-state index contributed by atoms with van der Waals surface area (Å²) < 4.78 is 10.5. The second-order valence-electron chi connectivity index (χ2n) is 6.60. The average Bonchev–Trinajstić information content (AvgIpc) is 2.74. The van der Waals surface area contributed by atoms with Crippen LogP contribution in [0.1, 0.15) is 36.3 Å². The van der Waals surface area contributed by atoms with Crippen LogP contribution in [-0.2, 0) is 19.1 Å². The molecule has 0 radical (unpaired) electrons. The third-order valence-electron chi connectivity index (χ3n) is 4.94. The number of thioether (sulfide) groups is 1. The van der Waals surface area contributed by atoms with E-state index in [4.69, 9.17) is 9.47 Å². The van der Waals surface area contributed by atoms with E-state index >= 15 is 0 Å². The number of aliphatic hydroxyl groups excluding tert-OH is 1. The highest BCUT2D eigenvalue weighted by atomic mass is 32.2. The maximum atomic E-state index is 13.2. The van der Waals surface area contributed by atoms with E-state index in [1.165, 1.54) is 36.0 Å².